The first-order chi connectivity index (χ1) is 8.16. The zero-order valence-corrected chi connectivity index (χ0v) is 11.7. The Balaban J connectivity index is 2.13. The largest absolute Gasteiger partial charge is 0.378 e. The summed E-state index contributed by atoms with van der Waals surface area (Å²) in [5.74, 6) is 0. The molecule has 0 amide bonds. The standard InChI is InChI=1S/C13H19BrN2O/c1-10(15)8-11-2-3-13(12(14)9-11)16-4-6-17-7-5-16/h2-3,9-10H,4-8,15H2,1H3. The van der Waals surface area contributed by atoms with E-state index in [-0.39, 0.29) is 6.04 Å². The number of ether oxygens (including phenoxy) is 1. The molecular weight excluding hydrogens is 280 g/mol. The van der Waals surface area contributed by atoms with E-state index in [2.05, 4.69) is 39.0 Å². The lowest BCUT2D eigenvalue weighted by Gasteiger charge is -2.30. The van der Waals surface area contributed by atoms with Crippen LogP contribution in [0.25, 0.3) is 0 Å². The van der Waals surface area contributed by atoms with Crippen LogP contribution in [0.3, 0.4) is 0 Å². The maximum absolute atomic E-state index is 5.81. The zero-order chi connectivity index (χ0) is 12.3. The lowest BCUT2D eigenvalue weighted by molar-refractivity contribution is 0.122. The molecule has 94 valence electrons. The number of benzene rings is 1. The summed E-state index contributed by atoms with van der Waals surface area (Å²) >= 11 is 3.65. The number of morpholine rings is 1. The molecule has 0 spiro atoms. The van der Waals surface area contributed by atoms with Crippen molar-refractivity contribution in [2.45, 2.75) is 19.4 Å². The summed E-state index contributed by atoms with van der Waals surface area (Å²) in [5, 5.41) is 0. The van der Waals surface area contributed by atoms with Gasteiger partial charge in [-0.15, -0.1) is 0 Å². The second-order valence-electron chi connectivity index (χ2n) is 4.57. The van der Waals surface area contributed by atoms with Crippen molar-refractivity contribution >= 4 is 21.6 Å². The molecule has 0 aliphatic carbocycles. The zero-order valence-electron chi connectivity index (χ0n) is 10.2. The average molecular weight is 299 g/mol. The summed E-state index contributed by atoms with van der Waals surface area (Å²) in [4.78, 5) is 2.35. The molecule has 4 heteroatoms. The highest BCUT2D eigenvalue weighted by atomic mass is 79.9. The molecule has 1 aliphatic rings. The lowest BCUT2D eigenvalue weighted by atomic mass is 10.1. The second-order valence-corrected chi connectivity index (χ2v) is 5.42. The molecule has 1 unspecified atom stereocenters. The Hall–Kier alpha value is -0.580. The van der Waals surface area contributed by atoms with Crippen molar-refractivity contribution in [2.24, 2.45) is 5.73 Å². The molecule has 1 atom stereocenters. The molecule has 1 aliphatic heterocycles. The van der Waals surface area contributed by atoms with Gasteiger partial charge >= 0.3 is 0 Å². The number of nitrogens with two attached hydrogens (primary N) is 1. The van der Waals surface area contributed by atoms with Crippen LogP contribution in [0.5, 0.6) is 0 Å². The fourth-order valence-corrected chi connectivity index (χ4v) is 2.79. The molecule has 2 rings (SSSR count). The van der Waals surface area contributed by atoms with Crippen molar-refractivity contribution in [3.05, 3.63) is 28.2 Å². The monoisotopic (exact) mass is 298 g/mol. The minimum Gasteiger partial charge on any atom is -0.378 e. The highest BCUT2D eigenvalue weighted by Crippen LogP contribution is 2.28. The van der Waals surface area contributed by atoms with E-state index in [4.69, 9.17) is 10.5 Å². The Morgan fingerprint density at radius 1 is 1.41 bits per heavy atom. The van der Waals surface area contributed by atoms with Crippen LogP contribution in [0.4, 0.5) is 5.69 Å². The maximum atomic E-state index is 5.81. The summed E-state index contributed by atoms with van der Waals surface area (Å²) in [6.07, 6.45) is 0.919. The average Bonchev–Trinajstić information content (AvgIpc) is 2.29. The summed E-state index contributed by atoms with van der Waals surface area (Å²) in [6.45, 7) is 5.59. The van der Waals surface area contributed by atoms with E-state index in [0.717, 1.165) is 37.2 Å². The fraction of sp³-hybridized carbons (Fsp3) is 0.538. The van der Waals surface area contributed by atoms with Crippen molar-refractivity contribution in [2.75, 3.05) is 31.2 Å². The van der Waals surface area contributed by atoms with Gasteiger partial charge in [0.1, 0.15) is 0 Å². The van der Waals surface area contributed by atoms with Crippen LogP contribution < -0.4 is 10.6 Å². The molecule has 0 bridgehead atoms. The first-order valence-electron chi connectivity index (χ1n) is 6.03. The van der Waals surface area contributed by atoms with Gasteiger partial charge in [0.25, 0.3) is 0 Å². The molecule has 1 fully saturated rings. The highest BCUT2D eigenvalue weighted by molar-refractivity contribution is 9.10. The number of hydrogen-bond acceptors (Lipinski definition) is 3. The third kappa shape index (κ3) is 3.44. The SMILES string of the molecule is CC(N)Cc1ccc(N2CCOCC2)c(Br)c1. The third-order valence-electron chi connectivity index (χ3n) is 2.92. The van der Waals surface area contributed by atoms with Gasteiger partial charge in [-0.2, -0.15) is 0 Å². The molecule has 17 heavy (non-hydrogen) atoms. The minimum atomic E-state index is 0.205. The van der Waals surface area contributed by atoms with Crippen molar-refractivity contribution in [1.82, 2.24) is 0 Å². The third-order valence-corrected chi connectivity index (χ3v) is 3.56. The van der Waals surface area contributed by atoms with Gasteiger partial charge in [0.15, 0.2) is 0 Å². The fourth-order valence-electron chi connectivity index (χ4n) is 2.11. The topological polar surface area (TPSA) is 38.5 Å². The van der Waals surface area contributed by atoms with Crippen LogP contribution in [-0.2, 0) is 11.2 Å². The Kier molecular flexibility index (Phi) is 4.42. The molecule has 3 nitrogen and oxygen atoms in total. The van der Waals surface area contributed by atoms with Crippen molar-refractivity contribution in [1.29, 1.82) is 0 Å². The van der Waals surface area contributed by atoms with Crippen LogP contribution in [0.1, 0.15) is 12.5 Å². The second kappa shape index (κ2) is 5.85. The molecule has 0 saturated carbocycles. The van der Waals surface area contributed by atoms with Gasteiger partial charge in [0.05, 0.1) is 18.9 Å². The van der Waals surface area contributed by atoms with E-state index in [1.165, 1.54) is 11.3 Å². The smallest absolute Gasteiger partial charge is 0.0642 e. The number of anilines is 1. The summed E-state index contributed by atoms with van der Waals surface area (Å²) < 4.78 is 6.51. The van der Waals surface area contributed by atoms with E-state index in [9.17, 15) is 0 Å². The number of hydrogen-bond donors (Lipinski definition) is 1. The molecule has 1 aromatic rings. The van der Waals surface area contributed by atoms with Crippen molar-refractivity contribution < 1.29 is 4.74 Å². The van der Waals surface area contributed by atoms with E-state index >= 15 is 0 Å². The minimum absolute atomic E-state index is 0.205. The van der Waals surface area contributed by atoms with Crippen LogP contribution in [0, 0.1) is 0 Å². The van der Waals surface area contributed by atoms with Gasteiger partial charge in [0.2, 0.25) is 0 Å². The van der Waals surface area contributed by atoms with Gasteiger partial charge in [-0.3, -0.25) is 0 Å². The summed E-state index contributed by atoms with van der Waals surface area (Å²) in [5.41, 5.74) is 8.35. The van der Waals surface area contributed by atoms with Crippen LogP contribution in [-0.4, -0.2) is 32.3 Å². The predicted molar refractivity (Wildman–Crippen MR) is 74.5 cm³/mol. The first-order valence-corrected chi connectivity index (χ1v) is 6.83. The Morgan fingerprint density at radius 2 is 2.12 bits per heavy atom. The Labute approximate surface area is 111 Å². The molecular formula is C13H19BrN2O. The summed E-state index contributed by atoms with van der Waals surface area (Å²) in [7, 11) is 0. The van der Waals surface area contributed by atoms with Crippen LogP contribution in [0.2, 0.25) is 0 Å². The molecule has 0 radical (unpaired) electrons. The highest BCUT2D eigenvalue weighted by Gasteiger charge is 2.14. The molecule has 2 N–H and O–H groups in total. The Morgan fingerprint density at radius 3 is 2.71 bits per heavy atom. The normalized spacial score (nSPS) is 18.2. The van der Waals surface area contributed by atoms with E-state index in [1.54, 1.807) is 0 Å². The van der Waals surface area contributed by atoms with Crippen molar-refractivity contribution in [3.63, 3.8) is 0 Å². The van der Waals surface area contributed by atoms with Gasteiger partial charge in [0, 0.05) is 23.6 Å². The molecule has 0 aromatic heterocycles. The molecule has 1 heterocycles. The van der Waals surface area contributed by atoms with Gasteiger partial charge in [-0.05, 0) is 47.0 Å². The quantitative estimate of drug-likeness (QED) is 0.929. The molecule has 1 saturated heterocycles. The van der Waals surface area contributed by atoms with Crippen molar-refractivity contribution in [3.8, 4) is 0 Å². The number of nitrogens with zero attached hydrogens (tertiary/aromatic N) is 1. The van der Waals surface area contributed by atoms with E-state index in [0.29, 0.717) is 0 Å². The van der Waals surface area contributed by atoms with E-state index in [1.807, 2.05) is 6.92 Å². The first kappa shape index (κ1) is 12.9. The van der Waals surface area contributed by atoms with Gasteiger partial charge in [-0.1, -0.05) is 6.07 Å². The number of halogens is 1. The van der Waals surface area contributed by atoms with Crippen LogP contribution >= 0.6 is 15.9 Å². The van der Waals surface area contributed by atoms with E-state index < -0.39 is 0 Å². The lowest BCUT2D eigenvalue weighted by Crippen LogP contribution is -2.36. The Bertz CT molecular complexity index is 376. The maximum Gasteiger partial charge on any atom is 0.0642 e. The molecule has 1 aromatic carbocycles. The van der Waals surface area contributed by atoms with Crippen LogP contribution in [0.15, 0.2) is 22.7 Å². The summed E-state index contributed by atoms with van der Waals surface area (Å²) in [6, 6.07) is 6.72. The predicted octanol–water partition coefficient (Wildman–Crippen LogP) is 2.18. The van der Waals surface area contributed by atoms with Gasteiger partial charge in [-0.25, -0.2) is 0 Å². The van der Waals surface area contributed by atoms with Gasteiger partial charge < -0.3 is 15.4 Å². The number of rotatable bonds is 3.